The summed E-state index contributed by atoms with van der Waals surface area (Å²) >= 11 is 0. The van der Waals surface area contributed by atoms with Crippen molar-refractivity contribution >= 4 is 12.1 Å². The van der Waals surface area contributed by atoms with Crippen molar-refractivity contribution in [2.45, 2.75) is 18.4 Å². The van der Waals surface area contributed by atoms with E-state index < -0.39 is 18.1 Å². The van der Waals surface area contributed by atoms with Crippen molar-refractivity contribution in [2.75, 3.05) is 27.1 Å². The molecule has 0 aromatic heterocycles. The molecular weight excluding hydrogens is 346 g/mol. The van der Waals surface area contributed by atoms with Crippen molar-refractivity contribution in [1.82, 2.24) is 4.90 Å². The average molecular weight is 367 g/mol. The first-order chi connectivity index (χ1) is 13.2. The van der Waals surface area contributed by atoms with Crippen molar-refractivity contribution in [2.24, 2.45) is 0 Å². The SMILES string of the molecule is COCC[C@H]1C(=O)OCN1C(=O)OCC1c2ccccc2-c2ccccc21. The summed E-state index contributed by atoms with van der Waals surface area (Å²) in [6.45, 7) is 0.505. The van der Waals surface area contributed by atoms with Crippen LogP contribution in [0.4, 0.5) is 4.79 Å². The molecule has 0 unspecified atom stereocenters. The van der Waals surface area contributed by atoms with Crippen LogP contribution in [0.1, 0.15) is 23.5 Å². The van der Waals surface area contributed by atoms with Gasteiger partial charge in [-0.25, -0.2) is 9.59 Å². The second kappa shape index (κ2) is 7.40. The van der Waals surface area contributed by atoms with E-state index in [4.69, 9.17) is 14.2 Å². The molecule has 4 rings (SSSR count). The lowest BCUT2D eigenvalue weighted by molar-refractivity contribution is -0.139. The van der Waals surface area contributed by atoms with E-state index in [0.29, 0.717) is 13.0 Å². The topological polar surface area (TPSA) is 65.1 Å². The smallest absolute Gasteiger partial charge is 0.413 e. The third-order valence-corrected chi connectivity index (χ3v) is 5.16. The zero-order chi connectivity index (χ0) is 18.8. The molecule has 6 nitrogen and oxygen atoms in total. The van der Waals surface area contributed by atoms with E-state index in [0.717, 1.165) is 11.1 Å². The van der Waals surface area contributed by atoms with E-state index in [9.17, 15) is 9.59 Å². The molecule has 1 fully saturated rings. The lowest BCUT2D eigenvalue weighted by atomic mass is 9.98. The van der Waals surface area contributed by atoms with Gasteiger partial charge in [-0.15, -0.1) is 0 Å². The summed E-state index contributed by atoms with van der Waals surface area (Å²) in [6.07, 6.45) is -0.150. The number of methoxy groups -OCH3 is 1. The molecule has 1 amide bonds. The quantitative estimate of drug-likeness (QED) is 0.760. The lowest BCUT2D eigenvalue weighted by Crippen LogP contribution is -2.39. The Bertz CT molecular complexity index is 820. The van der Waals surface area contributed by atoms with Crippen LogP contribution in [0.3, 0.4) is 0 Å². The third kappa shape index (κ3) is 3.17. The summed E-state index contributed by atoms with van der Waals surface area (Å²) in [7, 11) is 1.55. The molecule has 0 radical (unpaired) electrons. The molecule has 0 bridgehead atoms. The Morgan fingerprint density at radius 1 is 1.11 bits per heavy atom. The number of cyclic esters (lactones) is 1. The number of carbonyl (C=O) groups excluding carboxylic acids is 2. The fraction of sp³-hybridized carbons (Fsp3) is 0.333. The van der Waals surface area contributed by atoms with Gasteiger partial charge in [-0.05, 0) is 22.3 Å². The van der Waals surface area contributed by atoms with Gasteiger partial charge in [0.2, 0.25) is 0 Å². The molecule has 27 heavy (non-hydrogen) atoms. The molecule has 1 saturated heterocycles. The summed E-state index contributed by atoms with van der Waals surface area (Å²) in [5, 5.41) is 0. The second-order valence-electron chi connectivity index (χ2n) is 6.66. The highest BCUT2D eigenvalue weighted by Crippen LogP contribution is 2.44. The molecule has 0 N–H and O–H groups in total. The first-order valence-corrected chi connectivity index (χ1v) is 8.98. The molecule has 0 saturated carbocycles. The molecule has 2 aromatic rings. The Morgan fingerprint density at radius 2 is 1.74 bits per heavy atom. The molecule has 1 atom stereocenters. The van der Waals surface area contributed by atoms with Gasteiger partial charge >= 0.3 is 12.1 Å². The molecule has 1 aliphatic heterocycles. The van der Waals surface area contributed by atoms with Crippen molar-refractivity contribution in [3.63, 3.8) is 0 Å². The zero-order valence-electron chi connectivity index (χ0n) is 15.1. The van der Waals surface area contributed by atoms with Crippen LogP contribution >= 0.6 is 0 Å². The maximum absolute atomic E-state index is 12.6. The van der Waals surface area contributed by atoms with E-state index in [1.54, 1.807) is 7.11 Å². The Kier molecular flexibility index (Phi) is 4.81. The monoisotopic (exact) mass is 367 g/mol. The van der Waals surface area contributed by atoms with E-state index in [-0.39, 0.29) is 19.3 Å². The summed E-state index contributed by atoms with van der Waals surface area (Å²) in [4.78, 5) is 25.8. The normalized spacial score (nSPS) is 18.2. The van der Waals surface area contributed by atoms with Crippen LogP contribution in [-0.4, -0.2) is 50.1 Å². The first kappa shape index (κ1) is 17.5. The van der Waals surface area contributed by atoms with E-state index in [1.807, 2.05) is 24.3 Å². The number of esters is 1. The third-order valence-electron chi connectivity index (χ3n) is 5.16. The number of amides is 1. The molecule has 2 aliphatic rings. The molecule has 1 aliphatic carbocycles. The second-order valence-corrected chi connectivity index (χ2v) is 6.66. The van der Waals surface area contributed by atoms with E-state index in [2.05, 4.69) is 24.3 Å². The van der Waals surface area contributed by atoms with Crippen LogP contribution in [-0.2, 0) is 19.0 Å². The van der Waals surface area contributed by atoms with Gasteiger partial charge in [-0.1, -0.05) is 48.5 Å². The van der Waals surface area contributed by atoms with Gasteiger partial charge in [0.25, 0.3) is 0 Å². The molecule has 0 spiro atoms. The molecule has 140 valence electrons. The van der Waals surface area contributed by atoms with Crippen molar-refractivity contribution in [3.8, 4) is 11.1 Å². The van der Waals surface area contributed by atoms with Gasteiger partial charge in [-0.3, -0.25) is 4.90 Å². The van der Waals surface area contributed by atoms with Gasteiger partial charge in [0.1, 0.15) is 12.6 Å². The molecular formula is C21H21NO5. The number of fused-ring (bicyclic) bond motifs is 3. The number of hydrogen-bond donors (Lipinski definition) is 0. The standard InChI is InChI=1S/C21H21NO5/c1-25-11-10-19-20(23)27-13-22(19)21(24)26-12-18-16-8-4-2-6-14(16)15-7-3-5-9-17(15)18/h2-9,18-19H,10-13H2,1H3/t19-/m0/s1. The maximum Gasteiger partial charge on any atom is 0.413 e. The first-order valence-electron chi connectivity index (χ1n) is 8.98. The predicted molar refractivity (Wildman–Crippen MR) is 98.1 cm³/mol. The Hall–Kier alpha value is -2.86. The predicted octanol–water partition coefficient (Wildman–Crippen LogP) is 3.16. The number of hydrogen-bond acceptors (Lipinski definition) is 5. The highest BCUT2D eigenvalue weighted by Gasteiger charge is 2.39. The number of carbonyl (C=O) groups is 2. The van der Waals surface area contributed by atoms with Crippen molar-refractivity contribution in [3.05, 3.63) is 59.7 Å². The van der Waals surface area contributed by atoms with Crippen LogP contribution in [0.5, 0.6) is 0 Å². The van der Waals surface area contributed by atoms with Crippen molar-refractivity contribution < 1.29 is 23.8 Å². The van der Waals surface area contributed by atoms with Gasteiger partial charge in [0.15, 0.2) is 6.73 Å². The molecule has 1 heterocycles. The van der Waals surface area contributed by atoms with Gasteiger partial charge in [0.05, 0.1) is 0 Å². The van der Waals surface area contributed by atoms with E-state index >= 15 is 0 Å². The van der Waals surface area contributed by atoms with Gasteiger partial charge < -0.3 is 14.2 Å². The number of nitrogens with zero attached hydrogens (tertiary/aromatic N) is 1. The van der Waals surface area contributed by atoms with Gasteiger partial charge in [-0.2, -0.15) is 0 Å². The Labute approximate surface area is 157 Å². The number of benzene rings is 2. The fourth-order valence-electron chi connectivity index (χ4n) is 3.81. The van der Waals surface area contributed by atoms with Crippen LogP contribution in [0.2, 0.25) is 0 Å². The van der Waals surface area contributed by atoms with Crippen LogP contribution in [0.15, 0.2) is 48.5 Å². The highest BCUT2D eigenvalue weighted by atomic mass is 16.6. The van der Waals surface area contributed by atoms with E-state index in [1.165, 1.54) is 16.0 Å². The maximum atomic E-state index is 12.6. The number of ether oxygens (including phenoxy) is 3. The molecule has 6 heteroatoms. The Balaban J connectivity index is 1.49. The summed E-state index contributed by atoms with van der Waals surface area (Å²) in [5.74, 6) is -0.432. The van der Waals surface area contributed by atoms with Gasteiger partial charge in [0, 0.05) is 26.1 Å². The minimum absolute atomic E-state index is 0.0157. The highest BCUT2D eigenvalue weighted by molar-refractivity contribution is 5.84. The summed E-state index contributed by atoms with van der Waals surface area (Å²) in [5.41, 5.74) is 4.64. The minimum Gasteiger partial charge on any atom is -0.448 e. The lowest BCUT2D eigenvalue weighted by Gasteiger charge is -2.21. The van der Waals surface area contributed by atoms with Crippen LogP contribution in [0, 0.1) is 0 Å². The fourth-order valence-corrected chi connectivity index (χ4v) is 3.81. The van der Waals surface area contributed by atoms with Crippen LogP contribution < -0.4 is 0 Å². The number of rotatable bonds is 5. The summed E-state index contributed by atoms with van der Waals surface area (Å²) < 4.78 is 15.6. The zero-order valence-corrected chi connectivity index (χ0v) is 15.1. The largest absolute Gasteiger partial charge is 0.448 e. The Morgan fingerprint density at radius 3 is 2.37 bits per heavy atom. The summed E-state index contributed by atoms with van der Waals surface area (Å²) in [6, 6.07) is 15.7. The van der Waals surface area contributed by atoms with Crippen LogP contribution in [0.25, 0.3) is 11.1 Å². The van der Waals surface area contributed by atoms with Crippen molar-refractivity contribution in [1.29, 1.82) is 0 Å². The minimum atomic E-state index is -0.652. The average Bonchev–Trinajstić information content (AvgIpc) is 3.22. The molecule has 2 aromatic carbocycles.